The third kappa shape index (κ3) is 20.1. The number of hydrogen-bond acceptors (Lipinski definition) is 18. The van der Waals surface area contributed by atoms with E-state index < -0.39 is 124 Å². The zero-order chi connectivity index (χ0) is 49.8. The number of unbranched alkanes of at least 4 members (excludes halogenated alkanes) is 9. The van der Waals surface area contributed by atoms with Gasteiger partial charge in [-0.15, -0.1) is 0 Å². The lowest BCUT2D eigenvalue weighted by Crippen LogP contribution is -2.66. The Kier molecular flexibility index (Phi) is 30.2. The number of amides is 1. The third-order valence-electron chi connectivity index (χ3n) is 12.4. The molecule has 0 spiro atoms. The van der Waals surface area contributed by atoms with Gasteiger partial charge in [-0.2, -0.15) is 0 Å². The number of ether oxygens (including phenoxy) is 6. The topological polar surface area (TPSA) is 307 Å². The molecule has 3 aliphatic heterocycles. The maximum Gasteiger partial charge on any atom is 0.220 e. The smallest absolute Gasteiger partial charge is 0.220 e. The van der Waals surface area contributed by atoms with Crippen LogP contribution in [0.1, 0.15) is 123 Å². The van der Waals surface area contributed by atoms with Crippen molar-refractivity contribution in [2.45, 2.75) is 227 Å². The number of hydrogen-bond donors (Lipinski definition) is 12. The maximum atomic E-state index is 13.2. The highest BCUT2D eigenvalue weighted by atomic mass is 16.8. The van der Waals surface area contributed by atoms with Crippen LogP contribution in [0, 0.1) is 0 Å². The quantitative estimate of drug-likeness (QED) is 0.0325. The second-order valence-electron chi connectivity index (χ2n) is 17.9. The molecule has 0 aromatic heterocycles. The van der Waals surface area contributed by atoms with Gasteiger partial charge in [-0.05, 0) is 51.4 Å². The van der Waals surface area contributed by atoms with Gasteiger partial charge in [0.2, 0.25) is 5.91 Å². The molecule has 0 radical (unpaired) electrons. The summed E-state index contributed by atoms with van der Waals surface area (Å²) in [5.41, 5.74) is 0. The second-order valence-corrected chi connectivity index (χ2v) is 17.9. The van der Waals surface area contributed by atoms with Gasteiger partial charge < -0.3 is 89.9 Å². The number of carbonyl (C=O) groups excluding carboxylic acids is 1. The number of aliphatic hydroxyl groups excluding tert-OH is 11. The fourth-order valence-electron chi connectivity index (χ4n) is 8.24. The molecule has 1 amide bonds. The van der Waals surface area contributed by atoms with Crippen molar-refractivity contribution in [3.63, 3.8) is 0 Å². The summed E-state index contributed by atoms with van der Waals surface area (Å²) >= 11 is 0. The van der Waals surface area contributed by atoms with Gasteiger partial charge in [-0.25, -0.2) is 0 Å². The Morgan fingerprint density at radius 2 is 1.01 bits per heavy atom. The Balaban J connectivity index is 1.56. The summed E-state index contributed by atoms with van der Waals surface area (Å²) in [6.45, 7) is 1.54. The van der Waals surface area contributed by atoms with Crippen molar-refractivity contribution in [2.24, 2.45) is 0 Å². The number of nitrogens with one attached hydrogen (secondary N) is 1. The average molecular weight is 976 g/mol. The highest BCUT2D eigenvalue weighted by molar-refractivity contribution is 5.76. The van der Waals surface area contributed by atoms with E-state index in [4.69, 9.17) is 28.4 Å². The number of aliphatic hydroxyl groups is 11. The molecule has 0 saturated carbocycles. The normalized spacial score (nSPS) is 33.6. The summed E-state index contributed by atoms with van der Waals surface area (Å²) < 4.78 is 34.0. The third-order valence-corrected chi connectivity index (χ3v) is 12.4. The van der Waals surface area contributed by atoms with E-state index in [9.17, 15) is 61.0 Å². The molecular weight excluding hydrogens is 891 g/mol. The minimum atomic E-state index is -1.97. The van der Waals surface area contributed by atoms with E-state index in [2.05, 4.69) is 67.8 Å². The molecule has 394 valence electrons. The van der Waals surface area contributed by atoms with Crippen LogP contribution >= 0.6 is 0 Å². The van der Waals surface area contributed by atoms with Gasteiger partial charge in [0.1, 0.15) is 73.2 Å². The SMILES string of the molecule is CC/C=C\C/C=C\C/C=C\C/C=C\CCCCC(=O)NC(COC1OC(CO)C(OC2OC(CO)C(OC3OC(CO)C(O)C(O)C3O)C(O)C2O)C(O)C1O)C(O)CCCCCCCCCC. The Morgan fingerprint density at radius 3 is 1.56 bits per heavy atom. The molecule has 3 fully saturated rings. The van der Waals surface area contributed by atoms with Gasteiger partial charge >= 0.3 is 0 Å². The zero-order valence-corrected chi connectivity index (χ0v) is 40.1. The van der Waals surface area contributed by atoms with Crippen molar-refractivity contribution in [2.75, 3.05) is 26.4 Å². The zero-order valence-electron chi connectivity index (χ0n) is 40.1. The largest absolute Gasteiger partial charge is 0.394 e. The predicted molar refractivity (Wildman–Crippen MR) is 249 cm³/mol. The van der Waals surface area contributed by atoms with Crippen LogP contribution in [0.3, 0.4) is 0 Å². The molecule has 68 heavy (non-hydrogen) atoms. The molecule has 3 aliphatic rings. The van der Waals surface area contributed by atoms with E-state index in [1.54, 1.807) is 0 Å². The maximum absolute atomic E-state index is 13.2. The molecule has 19 nitrogen and oxygen atoms in total. The molecule has 12 N–H and O–H groups in total. The van der Waals surface area contributed by atoms with Crippen LogP contribution in [-0.4, -0.2) is 193 Å². The van der Waals surface area contributed by atoms with E-state index in [1.165, 1.54) is 12.8 Å². The molecule has 19 heteroatoms. The van der Waals surface area contributed by atoms with Crippen LogP contribution in [0.15, 0.2) is 48.6 Å². The minimum absolute atomic E-state index is 0.211. The van der Waals surface area contributed by atoms with Crippen molar-refractivity contribution in [1.29, 1.82) is 0 Å². The molecule has 17 unspecified atom stereocenters. The van der Waals surface area contributed by atoms with Crippen LogP contribution < -0.4 is 5.32 Å². The fourth-order valence-corrected chi connectivity index (χ4v) is 8.24. The highest BCUT2D eigenvalue weighted by Crippen LogP contribution is 2.33. The Morgan fingerprint density at radius 1 is 0.544 bits per heavy atom. The molecule has 3 heterocycles. The van der Waals surface area contributed by atoms with Crippen LogP contribution in [-0.2, 0) is 33.2 Å². The Labute approximate surface area is 402 Å². The van der Waals surface area contributed by atoms with Crippen LogP contribution in [0.5, 0.6) is 0 Å². The monoisotopic (exact) mass is 976 g/mol. The van der Waals surface area contributed by atoms with Gasteiger partial charge in [0.15, 0.2) is 18.9 Å². The first-order valence-corrected chi connectivity index (χ1v) is 24.9. The van der Waals surface area contributed by atoms with Gasteiger partial charge in [-0.1, -0.05) is 114 Å². The average Bonchev–Trinajstić information content (AvgIpc) is 3.33. The molecule has 17 atom stereocenters. The number of rotatable bonds is 33. The van der Waals surface area contributed by atoms with Crippen LogP contribution in [0.4, 0.5) is 0 Å². The Bertz CT molecular complexity index is 1450. The van der Waals surface area contributed by atoms with Crippen molar-refractivity contribution in [3.8, 4) is 0 Å². The first-order valence-electron chi connectivity index (χ1n) is 24.9. The molecule has 0 aromatic carbocycles. The van der Waals surface area contributed by atoms with Crippen LogP contribution in [0.2, 0.25) is 0 Å². The number of carbonyl (C=O) groups is 1. The van der Waals surface area contributed by atoms with Gasteiger partial charge in [0.05, 0.1) is 38.6 Å². The van der Waals surface area contributed by atoms with E-state index in [1.807, 2.05) is 0 Å². The summed E-state index contributed by atoms with van der Waals surface area (Å²) in [6, 6.07) is -0.906. The summed E-state index contributed by atoms with van der Waals surface area (Å²) in [5, 5.41) is 119. The lowest BCUT2D eigenvalue weighted by Gasteiger charge is -2.48. The molecule has 3 saturated heterocycles. The van der Waals surface area contributed by atoms with Crippen molar-refractivity contribution < 1.29 is 89.4 Å². The lowest BCUT2D eigenvalue weighted by molar-refractivity contribution is -0.379. The van der Waals surface area contributed by atoms with Crippen molar-refractivity contribution in [1.82, 2.24) is 5.32 Å². The molecule has 3 rings (SSSR count). The summed E-state index contributed by atoms with van der Waals surface area (Å²) in [4.78, 5) is 13.2. The van der Waals surface area contributed by atoms with E-state index in [0.717, 1.165) is 70.6 Å². The van der Waals surface area contributed by atoms with E-state index in [0.29, 0.717) is 19.3 Å². The highest BCUT2D eigenvalue weighted by Gasteiger charge is 2.53. The molecule has 0 bridgehead atoms. The van der Waals surface area contributed by atoms with Gasteiger partial charge in [0.25, 0.3) is 0 Å². The molecular formula is C49H85NO18. The Hall–Kier alpha value is -2.25. The molecule has 0 aromatic rings. The lowest BCUT2D eigenvalue weighted by atomic mass is 9.96. The van der Waals surface area contributed by atoms with Gasteiger partial charge in [0, 0.05) is 6.42 Å². The van der Waals surface area contributed by atoms with Crippen LogP contribution in [0.25, 0.3) is 0 Å². The first-order chi connectivity index (χ1) is 32.8. The summed E-state index contributed by atoms with van der Waals surface area (Å²) in [6.07, 6.45) is 5.38. The van der Waals surface area contributed by atoms with Crippen molar-refractivity contribution >= 4 is 5.91 Å². The standard InChI is InChI=1S/C49H85NO18/c1-3-5-7-9-11-13-14-15-16-17-18-19-21-23-25-27-37(55)50-32(33(54)26-24-22-20-12-10-8-6-4-2)31-63-47-43(61)40(58)45(35(29-52)65-47)68-49-44(62)41(59)46(36(30-53)66-49)67-48-42(60)39(57)38(56)34(28-51)64-48/h5,7,11,13,15-16,18-19,32-36,38-49,51-54,56-62H,3-4,6,8-10,12,14,17,20-31H2,1-2H3,(H,50,55)/b7-5-,13-11-,16-15-,19-18-. The van der Waals surface area contributed by atoms with Crippen molar-refractivity contribution in [3.05, 3.63) is 48.6 Å². The predicted octanol–water partition coefficient (Wildman–Crippen LogP) is 1.19. The van der Waals surface area contributed by atoms with E-state index in [-0.39, 0.29) is 18.9 Å². The fraction of sp³-hybridized carbons (Fsp3) is 0.816. The summed E-state index contributed by atoms with van der Waals surface area (Å²) in [7, 11) is 0. The van der Waals surface area contributed by atoms with E-state index >= 15 is 0 Å². The first kappa shape index (κ1) is 60.1. The molecule has 0 aliphatic carbocycles. The second kappa shape index (κ2) is 34.2. The summed E-state index contributed by atoms with van der Waals surface area (Å²) in [5.74, 6) is -0.291. The van der Waals surface area contributed by atoms with Gasteiger partial charge in [-0.3, -0.25) is 4.79 Å². The minimum Gasteiger partial charge on any atom is -0.394 e. The number of allylic oxidation sites excluding steroid dienone is 8.